The summed E-state index contributed by atoms with van der Waals surface area (Å²) >= 11 is 6.12. The smallest absolute Gasteiger partial charge is 0.240 e. The molecule has 1 N–H and O–H groups in total. The molecule has 0 radical (unpaired) electrons. The van der Waals surface area contributed by atoms with Crippen molar-refractivity contribution in [3.63, 3.8) is 0 Å². The fourth-order valence-corrected chi connectivity index (χ4v) is 3.12. The number of amides is 2. The Kier molecular flexibility index (Phi) is 6.85. The largest absolute Gasteiger partial charge is 0.354 e. The summed E-state index contributed by atoms with van der Waals surface area (Å²) in [5.41, 5.74) is 2.91. The summed E-state index contributed by atoms with van der Waals surface area (Å²) in [4.78, 5) is 25.6. The van der Waals surface area contributed by atoms with Crippen LogP contribution in [0.1, 0.15) is 44.6 Å². The van der Waals surface area contributed by atoms with Gasteiger partial charge >= 0.3 is 0 Å². The standard InChI is InChI=1S/C19H25ClN2O2/c1-14-17(20)9-6-10-18(14)22(15(2)23)13-19(24)21-12-11-16-7-4-3-5-8-16/h6-7,9-10H,3-5,8,11-13H2,1-2H3,(H,21,24). The molecule has 4 nitrogen and oxygen atoms in total. The Morgan fingerprint density at radius 1 is 1.29 bits per heavy atom. The van der Waals surface area contributed by atoms with E-state index in [4.69, 9.17) is 11.6 Å². The predicted molar refractivity (Wildman–Crippen MR) is 98.4 cm³/mol. The molecule has 1 aromatic carbocycles. The maximum Gasteiger partial charge on any atom is 0.240 e. The van der Waals surface area contributed by atoms with E-state index < -0.39 is 0 Å². The predicted octanol–water partition coefficient (Wildman–Crippen LogP) is 4.01. The van der Waals surface area contributed by atoms with E-state index in [0.717, 1.165) is 24.8 Å². The lowest BCUT2D eigenvalue weighted by Crippen LogP contribution is -2.40. The molecule has 1 aromatic rings. The number of benzene rings is 1. The van der Waals surface area contributed by atoms with Crippen LogP contribution in [0.4, 0.5) is 5.69 Å². The van der Waals surface area contributed by atoms with Gasteiger partial charge in [-0.2, -0.15) is 0 Å². The minimum absolute atomic E-state index is 0.00949. The third-order valence-electron chi connectivity index (χ3n) is 4.37. The molecule has 0 spiro atoms. The van der Waals surface area contributed by atoms with Crippen molar-refractivity contribution in [2.75, 3.05) is 18.0 Å². The molecule has 0 heterocycles. The second-order valence-electron chi connectivity index (χ2n) is 6.20. The average Bonchev–Trinajstić information content (AvgIpc) is 2.56. The Morgan fingerprint density at radius 2 is 2.08 bits per heavy atom. The van der Waals surface area contributed by atoms with E-state index in [9.17, 15) is 9.59 Å². The van der Waals surface area contributed by atoms with Gasteiger partial charge in [-0.15, -0.1) is 0 Å². The molecule has 0 atom stereocenters. The lowest BCUT2D eigenvalue weighted by atomic mass is 9.97. The first-order valence-corrected chi connectivity index (χ1v) is 8.84. The van der Waals surface area contributed by atoms with Crippen molar-refractivity contribution < 1.29 is 9.59 Å². The molecule has 0 saturated carbocycles. The fourth-order valence-electron chi connectivity index (χ4n) is 2.95. The van der Waals surface area contributed by atoms with E-state index in [1.807, 2.05) is 13.0 Å². The highest BCUT2D eigenvalue weighted by molar-refractivity contribution is 6.31. The quantitative estimate of drug-likeness (QED) is 0.790. The molecule has 130 valence electrons. The van der Waals surface area contributed by atoms with Gasteiger partial charge in [0.25, 0.3) is 0 Å². The number of halogens is 1. The maximum atomic E-state index is 12.2. The van der Waals surface area contributed by atoms with E-state index in [1.165, 1.54) is 30.2 Å². The molecule has 1 aliphatic rings. The Morgan fingerprint density at radius 3 is 2.75 bits per heavy atom. The minimum Gasteiger partial charge on any atom is -0.354 e. The van der Waals surface area contributed by atoms with Gasteiger partial charge in [0.05, 0.1) is 0 Å². The number of nitrogens with one attached hydrogen (secondary N) is 1. The molecule has 2 rings (SSSR count). The molecule has 0 unspecified atom stereocenters. The van der Waals surface area contributed by atoms with Crippen LogP contribution >= 0.6 is 11.6 Å². The Labute approximate surface area is 148 Å². The van der Waals surface area contributed by atoms with Gasteiger partial charge in [0.15, 0.2) is 0 Å². The summed E-state index contributed by atoms with van der Waals surface area (Å²) in [6.07, 6.45) is 7.97. The summed E-state index contributed by atoms with van der Waals surface area (Å²) in [7, 11) is 0. The van der Waals surface area contributed by atoms with Crippen LogP contribution in [0.5, 0.6) is 0 Å². The molecular formula is C19H25ClN2O2. The summed E-state index contributed by atoms with van der Waals surface area (Å²) in [6, 6.07) is 5.37. The normalized spacial score (nSPS) is 14.0. The van der Waals surface area contributed by atoms with Crippen molar-refractivity contribution >= 4 is 29.1 Å². The van der Waals surface area contributed by atoms with Crippen molar-refractivity contribution in [1.29, 1.82) is 0 Å². The van der Waals surface area contributed by atoms with Crippen molar-refractivity contribution in [2.24, 2.45) is 0 Å². The monoisotopic (exact) mass is 348 g/mol. The third-order valence-corrected chi connectivity index (χ3v) is 4.77. The number of anilines is 1. The van der Waals surface area contributed by atoms with Gasteiger partial charge in [0.2, 0.25) is 11.8 Å². The highest BCUT2D eigenvalue weighted by Crippen LogP contribution is 2.26. The van der Waals surface area contributed by atoms with E-state index in [1.54, 1.807) is 12.1 Å². The van der Waals surface area contributed by atoms with E-state index in [-0.39, 0.29) is 18.4 Å². The number of hydrogen-bond acceptors (Lipinski definition) is 2. The van der Waals surface area contributed by atoms with Gasteiger partial charge in [0.1, 0.15) is 6.54 Å². The summed E-state index contributed by atoms with van der Waals surface area (Å²) in [5, 5.41) is 3.50. The molecular weight excluding hydrogens is 324 g/mol. The molecule has 0 aromatic heterocycles. The second-order valence-corrected chi connectivity index (χ2v) is 6.60. The van der Waals surface area contributed by atoms with Gasteiger partial charge in [-0.25, -0.2) is 0 Å². The number of carbonyl (C=O) groups excluding carboxylic acids is 2. The first-order chi connectivity index (χ1) is 11.5. The molecule has 2 amide bonds. The van der Waals surface area contributed by atoms with Crippen LogP contribution < -0.4 is 10.2 Å². The SMILES string of the molecule is CC(=O)N(CC(=O)NCCC1=CCCCC1)c1cccc(Cl)c1C. The van der Waals surface area contributed by atoms with Gasteiger partial charge < -0.3 is 10.2 Å². The zero-order chi connectivity index (χ0) is 17.5. The van der Waals surface area contributed by atoms with Crippen molar-refractivity contribution in [2.45, 2.75) is 46.0 Å². The lowest BCUT2D eigenvalue weighted by Gasteiger charge is -2.23. The highest BCUT2D eigenvalue weighted by Gasteiger charge is 2.18. The van der Waals surface area contributed by atoms with E-state index in [0.29, 0.717) is 17.3 Å². The Balaban J connectivity index is 1.92. The van der Waals surface area contributed by atoms with Gasteiger partial charge in [-0.05, 0) is 56.7 Å². The van der Waals surface area contributed by atoms with Crippen LogP contribution in [-0.4, -0.2) is 24.9 Å². The molecule has 0 saturated heterocycles. The molecule has 0 aliphatic heterocycles. The van der Waals surface area contributed by atoms with Gasteiger partial charge in [-0.3, -0.25) is 9.59 Å². The summed E-state index contributed by atoms with van der Waals surface area (Å²) < 4.78 is 0. The van der Waals surface area contributed by atoms with Crippen LogP contribution in [0.25, 0.3) is 0 Å². The van der Waals surface area contributed by atoms with E-state index >= 15 is 0 Å². The van der Waals surface area contributed by atoms with Crippen molar-refractivity contribution in [3.8, 4) is 0 Å². The van der Waals surface area contributed by atoms with Crippen LogP contribution in [0, 0.1) is 6.92 Å². The lowest BCUT2D eigenvalue weighted by molar-refractivity contribution is -0.123. The molecule has 24 heavy (non-hydrogen) atoms. The number of allylic oxidation sites excluding steroid dienone is 1. The number of nitrogens with zero attached hydrogens (tertiary/aromatic N) is 1. The first kappa shape index (κ1) is 18.5. The average molecular weight is 349 g/mol. The zero-order valence-electron chi connectivity index (χ0n) is 14.4. The minimum atomic E-state index is -0.175. The second kappa shape index (κ2) is 8.88. The molecule has 0 bridgehead atoms. The summed E-state index contributed by atoms with van der Waals surface area (Å²) in [5.74, 6) is -0.327. The molecule has 0 fully saturated rings. The van der Waals surface area contributed by atoms with Crippen LogP contribution in [0.2, 0.25) is 5.02 Å². The number of rotatable bonds is 6. The van der Waals surface area contributed by atoms with Crippen LogP contribution in [0.3, 0.4) is 0 Å². The third kappa shape index (κ3) is 5.10. The maximum absolute atomic E-state index is 12.2. The van der Waals surface area contributed by atoms with Gasteiger partial charge in [-0.1, -0.05) is 29.3 Å². The van der Waals surface area contributed by atoms with Crippen LogP contribution in [-0.2, 0) is 9.59 Å². The van der Waals surface area contributed by atoms with E-state index in [2.05, 4.69) is 11.4 Å². The number of hydrogen-bond donors (Lipinski definition) is 1. The topological polar surface area (TPSA) is 49.4 Å². The fraction of sp³-hybridized carbons (Fsp3) is 0.474. The Hall–Kier alpha value is -1.81. The zero-order valence-corrected chi connectivity index (χ0v) is 15.2. The van der Waals surface area contributed by atoms with Crippen molar-refractivity contribution in [3.05, 3.63) is 40.4 Å². The Bertz CT molecular complexity index is 640. The van der Waals surface area contributed by atoms with Gasteiger partial charge in [0, 0.05) is 24.2 Å². The summed E-state index contributed by atoms with van der Waals surface area (Å²) in [6.45, 7) is 3.93. The molecule has 5 heteroatoms. The number of carbonyl (C=O) groups is 2. The van der Waals surface area contributed by atoms with Crippen molar-refractivity contribution in [1.82, 2.24) is 5.32 Å². The molecule has 1 aliphatic carbocycles. The van der Waals surface area contributed by atoms with Crippen LogP contribution in [0.15, 0.2) is 29.8 Å². The highest BCUT2D eigenvalue weighted by atomic mass is 35.5. The first-order valence-electron chi connectivity index (χ1n) is 8.47.